The molecule has 2 saturated heterocycles. The molecule has 0 atom stereocenters. The Labute approximate surface area is 156 Å². The fourth-order valence-electron chi connectivity index (χ4n) is 3.93. The third kappa shape index (κ3) is 4.64. The van der Waals surface area contributed by atoms with Crippen LogP contribution >= 0.6 is 0 Å². The number of likely N-dealkylation sites (tertiary alicyclic amines) is 1. The number of hydrogen-bond donors (Lipinski definition) is 1. The molecule has 2 fully saturated rings. The van der Waals surface area contributed by atoms with E-state index in [4.69, 9.17) is 4.74 Å². The molecule has 0 unspecified atom stereocenters. The first-order valence-electron chi connectivity index (χ1n) is 9.86. The van der Waals surface area contributed by atoms with Gasteiger partial charge in [0.25, 0.3) is 0 Å². The van der Waals surface area contributed by atoms with E-state index >= 15 is 0 Å². The third-order valence-electron chi connectivity index (χ3n) is 5.72. The van der Waals surface area contributed by atoms with Crippen molar-refractivity contribution < 1.29 is 14.3 Å². The van der Waals surface area contributed by atoms with Crippen molar-refractivity contribution in [3.8, 4) is 5.75 Å². The van der Waals surface area contributed by atoms with Gasteiger partial charge in [0.2, 0.25) is 5.91 Å². The van der Waals surface area contributed by atoms with Gasteiger partial charge in [-0.2, -0.15) is 0 Å². The minimum absolute atomic E-state index is 0.0221. The van der Waals surface area contributed by atoms with Crippen LogP contribution in [0.4, 0.5) is 0 Å². The van der Waals surface area contributed by atoms with Gasteiger partial charge in [-0.1, -0.05) is 6.92 Å². The number of ether oxygens (including phenoxy) is 1. The van der Waals surface area contributed by atoms with E-state index in [0.717, 1.165) is 51.2 Å². The van der Waals surface area contributed by atoms with Gasteiger partial charge in [-0.05, 0) is 61.9 Å². The number of Topliss-reactive ketones (excluding diaryl/α,β-unsaturated/α-hetero) is 1. The number of benzene rings is 1. The van der Waals surface area contributed by atoms with Crippen LogP contribution in [0.2, 0.25) is 0 Å². The van der Waals surface area contributed by atoms with E-state index in [9.17, 15) is 9.59 Å². The highest BCUT2D eigenvalue weighted by Crippen LogP contribution is 2.37. The summed E-state index contributed by atoms with van der Waals surface area (Å²) in [5, 5.41) is 3.44. The summed E-state index contributed by atoms with van der Waals surface area (Å²) in [6, 6.07) is 7.22. The highest BCUT2D eigenvalue weighted by molar-refractivity contribution is 5.98. The second-order valence-corrected chi connectivity index (χ2v) is 7.60. The maximum atomic E-state index is 12.4. The molecule has 1 amide bonds. The van der Waals surface area contributed by atoms with Gasteiger partial charge in [-0.3, -0.25) is 9.59 Å². The Balaban J connectivity index is 1.43. The molecule has 26 heavy (non-hydrogen) atoms. The van der Waals surface area contributed by atoms with E-state index in [1.807, 2.05) is 17.0 Å². The molecule has 142 valence electrons. The Morgan fingerprint density at radius 2 is 1.85 bits per heavy atom. The topological polar surface area (TPSA) is 58.6 Å². The molecule has 1 N–H and O–H groups in total. The lowest BCUT2D eigenvalue weighted by Crippen LogP contribution is -2.44. The van der Waals surface area contributed by atoms with Gasteiger partial charge in [0.05, 0.1) is 6.61 Å². The number of nitrogens with one attached hydrogen (secondary N) is 1. The normalized spacial score (nSPS) is 18.9. The summed E-state index contributed by atoms with van der Waals surface area (Å²) < 4.78 is 5.53. The molecule has 5 nitrogen and oxygen atoms in total. The zero-order valence-corrected chi connectivity index (χ0v) is 15.8. The Bertz CT molecular complexity index is 611. The van der Waals surface area contributed by atoms with E-state index < -0.39 is 0 Å². The van der Waals surface area contributed by atoms with Crippen molar-refractivity contribution in [1.82, 2.24) is 10.2 Å². The number of carbonyl (C=O) groups excluding carboxylic acids is 2. The second kappa shape index (κ2) is 8.67. The number of hydrogen-bond acceptors (Lipinski definition) is 4. The van der Waals surface area contributed by atoms with Crippen molar-refractivity contribution in [3.05, 3.63) is 29.8 Å². The molecule has 1 aromatic rings. The van der Waals surface area contributed by atoms with Crippen molar-refractivity contribution in [3.63, 3.8) is 0 Å². The van der Waals surface area contributed by atoms with Crippen LogP contribution in [0.25, 0.3) is 0 Å². The van der Waals surface area contributed by atoms with Crippen molar-refractivity contribution in [1.29, 1.82) is 0 Å². The number of nitrogens with zero attached hydrogens (tertiary/aromatic N) is 1. The van der Waals surface area contributed by atoms with Crippen LogP contribution in [0.15, 0.2) is 24.3 Å². The molecule has 0 aliphatic carbocycles. The van der Waals surface area contributed by atoms with Crippen LogP contribution in [0.3, 0.4) is 0 Å². The highest BCUT2D eigenvalue weighted by Gasteiger charge is 2.37. The van der Waals surface area contributed by atoms with E-state index in [2.05, 4.69) is 12.2 Å². The van der Waals surface area contributed by atoms with Crippen LogP contribution in [0.5, 0.6) is 5.75 Å². The number of amides is 1. The molecule has 2 aliphatic heterocycles. The Morgan fingerprint density at radius 3 is 2.46 bits per heavy atom. The summed E-state index contributed by atoms with van der Waals surface area (Å²) in [7, 11) is 0. The molecule has 0 aromatic heterocycles. The number of ketones is 1. The van der Waals surface area contributed by atoms with E-state index in [1.54, 1.807) is 12.1 Å². The second-order valence-electron chi connectivity index (χ2n) is 7.60. The lowest BCUT2D eigenvalue weighted by Gasteiger charge is -2.38. The van der Waals surface area contributed by atoms with E-state index in [-0.39, 0.29) is 18.1 Å². The minimum Gasteiger partial charge on any atom is -0.494 e. The maximum absolute atomic E-state index is 12.4. The smallest absolute Gasteiger partial charge is 0.223 e. The quantitative estimate of drug-likeness (QED) is 0.761. The van der Waals surface area contributed by atoms with Crippen LogP contribution in [-0.4, -0.2) is 49.4 Å². The first-order valence-corrected chi connectivity index (χ1v) is 9.86. The number of piperidine rings is 1. The Morgan fingerprint density at radius 1 is 1.12 bits per heavy atom. The summed E-state index contributed by atoms with van der Waals surface area (Å²) >= 11 is 0. The molecular weight excluding hydrogens is 328 g/mol. The molecule has 0 saturated carbocycles. The zero-order valence-electron chi connectivity index (χ0n) is 15.8. The SMILES string of the molecule is CCCOc1ccc(C(=O)CCC(=O)N2CCC3(CCNC3)CC2)cc1. The molecule has 0 bridgehead atoms. The van der Waals surface area contributed by atoms with Gasteiger partial charge in [-0.25, -0.2) is 0 Å². The summed E-state index contributed by atoms with van der Waals surface area (Å²) in [4.78, 5) is 26.7. The van der Waals surface area contributed by atoms with Gasteiger partial charge in [0.15, 0.2) is 5.78 Å². The number of carbonyl (C=O) groups is 2. The predicted octanol–water partition coefficient (Wildman–Crippen LogP) is 3.04. The largest absolute Gasteiger partial charge is 0.494 e. The standard InChI is InChI=1S/C21H30N2O3/c1-2-15-26-18-5-3-17(4-6-18)19(24)7-8-20(25)23-13-10-21(11-14-23)9-12-22-16-21/h3-6,22H,2,7-16H2,1H3. The Kier molecular flexibility index (Phi) is 6.30. The van der Waals surface area contributed by atoms with Crippen molar-refractivity contribution in [2.45, 2.75) is 45.4 Å². The average molecular weight is 358 g/mol. The molecular formula is C21H30N2O3. The minimum atomic E-state index is 0.0221. The number of rotatable bonds is 7. The van der Waals surface area contributed by atoms with Gasteiger partial charge in [0, 0.05) is 38.0 Å². The summed E-state index contributed by atoms with van der Waals surface area (Å²) in [5.41, 5.74) is 1.06. The first kappa shape index (κ1) is 18.9. The van der Waals surface area contributed by atoms with Crippen LogP contribution < -0.4 is 10.1 Å². The van der Waals surface area contributed by atoms with Crippen LogP contribution in [-0.2, 0) is 4.79 Å². The van der Waals surface area contributed by atoms with E-state index in [0.29, 0.717) is 24.0 Å². The fourth-order valence-corrected chi connectivity index (χ4v) is 3.93. The maximum Gasteiger partial charge on any atom is 0.223 e. The predicted molar refractivity (Wildman–Crippen MR) is 102 cm³/mol. The van der Waals surface area contributed by atoms with Crippen molar-refractivity contribution in [2.24, 2.45) is 5.41 Å². The first-order chi connectivity index (χ1) is 12.6. The van der Waals surface area contributed by atoms with Gasteiger partial charge in [0.1, 0.15) is 5.75 Å². The van der Waals surface area contributed by atoms with E-state index in [1.165, 1.54) is 6.42 Å². The van der Waals surface area contributed by atoms with Gasteiger partial charge >= 0.3 is 0 Å². The summed E-state index contributed by atoms with van der Waals surface area (Å²) in [6.45, 7) is 6.59. The highest BCUT2D eigenvalue weighted by atomic mass is 16.5. The fraction of sp³-hybridized carbons (Fsp3) is 0.619. The molecule has 3 rings (SSSR count). The molecule has 5 heteroatoms. The monoisotopic (exact) mass is 358 g/mol. The van der Waals surface area contributed by atoms with Gasteiger partial charge in [-0.15, -0.1) is 0 Å². The Hall–Kier alpha value is -1.88. The summed E-state index contributed by atoms with van der Waals surface area (Å²) in [5.74, 6) is 0.916. The average Bonchev–Trinajstić information content (AvgIpc) is 3.13. The van der Waals surface area contributed by atoms with Crippen LogP contribution in [0, 0.1) is 5.41 Å². The molecule has 2 heterocycles. The molecule has 2 aliphatic rings. The van der Waals surface area contributed by atoms with Crippen molar-refractivity contribution >= 4 is 11.7 Å². The van der Waals surface area contributed by atoms with Crippen LogP contribution in [0.1, 0.15) is 55.8 Å². The van der Waals surface area contributed by atoms with Gasteiger partial charge < -0.3 is 15.0 Å². The summed E-state index contributed by atoms with van der Waals surface area (Å²) in [6.07, 6.45) is 4.93. The zero-order chi connectivity index (χ0) is 18.4. The van der Waals surface area contributed by atoms with Crippen molar-refractivity contribution in [2.75, 3.05) is 32.8 Å². The lowest BCUT2D eigenvalue weighted by molar-refractivity contribution is -0.133. The third-order valence-corrected chi connectivity index (χ3v) is 5.72. The molecule has 1 aromatic carbocycles. The molecule has 0 radical (unpaired) electrons. The molecule has 1 spiro atoms. The lowest BCUT2D eigenvalue weighted by atomic mass is 9.78.